The van der Waals surface area contributed by atoms with Crippen molar-refractivity contribution in [2.75, 3.05) is 7.11 Å². The third-order valence-corrected chi connectivity index (χ3v) is 3.40. The van der Waals surface area contributed by atoms with E-state index in [0.29, 0.717) is 13.0 Å². The Morgan fingerprint density at radius 1 is 1.05 bits per heavy atom. The molecule has 110 valence electrons. The number of methoxy groups -OCH3 is 1. The Kier molecular flexibility index (Phi) is 5.38. The van der Waals surface area contributed by atoms with Gasteiger partial charge in [0.2, 0.25) is 0 Å². The van der Waals surface area contributed by atoms with Gasteiger partial charge in [-0.1, -0.05) is 49.4 Å². The molecule has 3 nitrogen and oxygen atoms in total. The first kappa shape index (κ1) is 15.1. The third-order valence-electron chi connectivity index (χ3n) is 3.40. The first-order chi connectivity index (χ1) is 10.2. The van der Waals surface area contributed by atoms with Gasteiger partial charge in [0.1, 0.15) is 12.4 Å². The van der Waals surface area contributed by atoms with E-state index < -0.39 is 0 Å². The molecule has 21 heavy (non-hydrogen) atoms. The molecule has 0 saturated heterocycles. The molecular formula is C18H20O3. The van der Waals surface area contributed by atoms with Crippen LogP contribution in [0.5, 0.6) is 5.75 Å². The molecule has 0 aliphatic carbocycles. The summed E-state index contributed by atoms with van der Waals surface area (Å²) in [6.07, 6.45) is 0.390. The molecule has 1 atom stereocenters. The van der Waals surface area contributed by atoms with Crippen molar-refractivity contribution in [3.05, 3.63) is 65.7 Å². The summed E-state index contributed by atoms with van der Waals surface area (Å²) in [5, 5.41) is 0. The summed E-state index contributed by atoms with van der Waals surface area (Å²) in [7, 11) is 1.41. The average Bonchev–Trinajstić information content (AvgIpc) is 2.54. The molecule has 0 fully saturated rings. The van der Waals surface area contributed by atoms with E-state index in [4.69, 9.17) is 9.47 Å². The van der Waals surface area contributed by atoms with Crippen molar-refractivity contribution in [2.24, 2.45) is 0 Å². The predicted octanol–water partition coefficient (Wildman–Crippen LogP) is 3.93. The van der Waals surface area contributed by atoms with Crippen LogP contribution in [0.4, 0.5) is 0 Å². The van der Waals surface area contributed by atoms with Gasteiger partial charge in [-0.15, -0.1) is 0 Å². The highest BCUT2D eigenvalue weighted by Gasteiger charge is 2.11. The molecule has 0 saturated carbocycles. The highest BCUT2D eigenvalue weighted by atomic mass is 16.5. The molecule has 0 bridgehead atoms. The van der Waals surface area contributed by atoms with E-state index in [1.54, 1.807) is 0 Å². The monoisotopic (exact) mass is 284 g/mol. The van der Waals surface area contributed by atoms with Gasteiger partial charge in [0.05, 0.1) is 13.5 Å². The number of hydrogen-bond acceptors (Lipinski definition) is 3. The van der Waals surface area contributed by atoms with E-state index in [2.05, 4.69) is 0 Å². The Bertz CT molecular complexity index is 561. The Morgan fingerprint density at radius 2 is 1.71 bits per heavy atom. The van der Waals surface area contributed by atoms with Gasteiger partial charge in [0, 0.05) is 0 Å². The van der Waals surface area contributed by atoms with E-state index in [9.17, 15) is 4.79 Å². The Labute approximate surface area is 125 Å². The van der Waals surface area contributed by atoms with Crippen LogP contribution in [0.2, 0.25) is 0 Å². The van der Waals surface area contributed by atoms with Crippen molar-refractivity contribution in [2.45, 2.75) is 25.9 Å². The van der Waals surface area contributed by atoms with Crippen molar-refractivity contribution in [3.8, 4) is 5.75 Å². The van der Waals surface area contributed by atoms with Gasteiger partial charge in [-0.3, -0.25) is 4.79 Å². The molecule has 0 aliphatic heterocycles. The molecule has 0 amide bonds. The lowest BCUT2D eigenvalue weighted by Crippen LogP contribution is -2.06. The Balaban J connectivity index is 1.91. The van der Waals surface area contributed by atoms with Crippen LogP contribution < -0.4 is 4.74 Å². The molecule has 2 aromatic carbocycles. The quantitative estimate of drug-likeness (QED) is 0.754. The summed E-state index contributed by atoms with van der Waals surface area (Å²) in [5.74, 6) is 0.778. The molecule has 0 spiro atoms. The van der Waals surface area contributed by atoms with Gasteiger partial charge >= 0.3 is 5.97 Å². The largest absolute Gasteiger partial charge is 0.489 e. The molecule has 0 radical (unpaired) electrons. The molecule has 0 heterocycles. The maximum Gasteiger partial charge on any atom is 0.306 e. The summed E-state index contributed by atoms with van der Waals surface area (Å²) in [6, 6.07) is 17.9. The number of carbonyl (C=O) groups is 1. The van der Waals surface area contributed by atoms with Crippen LogP contribution in [0.15, 0.2) is 54.6 Å². The van der Waals surface area contributed by atoms with Crippen LogP contribution in [0.3, 0.4) is 0 Å². The van der Waals surface area contributed by atoms with Crippen molar-refractivity contribution in [1.29, 1.82) is 0 Å². The fraction of sp³-hybridized carbons (Fsp3) is 0.278. The van der Waals surface area contributed by atoms with Crippen molar-refractivity contribution < 1.29 is 14.3 Å². The lowest BCUT2D eigenvalue weighted by atomic mass is 9.98. The Hall–Kier alpha value is -2.29. The zero-order chi connectivity index (χ0) is 15.1. The van der Waals surface area contributed by atoms with Crippen molar-refractivity contribution in [3.63, 3.8) is 0 Å². The second kappa shape index (κ2) is 7.48. The lowest BCUT2D eigenvalue weighted by Gasteiger charge is -2.12. The van der Waals surface area contributed by atoms with Crippen LogP contribution >= 0.6 is 0 Å². The zero-order valence-corrected chi connectivity index (χ0v) is 12.4. The number of ether oxygens (including phenoxy) is 2. The third kappa shape index (κ3) is 4.63. The lowest BCUT2D eigenvalue weighted by molar-refractivity contribution is -0.140. The van der Waals surface area contributed by atoms with Crippen LogP contribution in [-0.4, -0.2) is 13.1 Å². The van der Waals surface area contributed by atoms with Gasteiger partial charge in [-0.2, -0.15) is 0 Å². The molecule has 1 unspecified atom stereocenters. The summed E-state index contributed by atoms with van der Waals surface area (Å²) in [4.78, 5) is 11.3. The summed E-state index contributed by atoms with van der Waals surface area (Å²) in [6.45, 7) is 2.56. The summed E-state index contributed by atoms with van der Waals surface area (Å²) >= 11 is 0. The van der Waals surface area contributed by atoms with E-state index in [1.807, 2.05) is 61.5 Å². The molecule has 2 aromatic rings. The second-order valence-corrected chi connectivity index (χ2v) is 5.02. The number of carbonyl (C=O) groups excluding carboxylic acids is 1. The van der Waals surface area contributed by atoms with E-state index in [1.165, 1.54) is 7.11 Å². The number of esters is 1. The van der Waals surface area contributed by atoms with E-state index in [-0.39, 0.29) is 11.9 Å². The second-order valence-electron chi connectivity index (χ2n) is 5.02. The maximum atomic E-state index is 11.3. The normalized spacial score (nSPS) is 11.7. The number of rotatable bonds is 6. The first-order valence-electron chi connectivity index (χ1n) is 7.02. The average molecular weight is 284 g/mol. The minimum Gasteiger partial charge on any atom is -0.489 e. The molecule has 2 rings (SSSR count). The Morgan fingerprint density at radius 3 is 2.33 bits per heavy atom. The topological polar surface area (TPSA) is 35.5 Å². The van der Waals surface area contributed by atoms with Crippen molar-refractivity contribution >= 4 is 5.97 Å². The molecule has 0 aliphatic rings. The van der Waals surface area contributed by atoms with Gasteiger partial charge in [0.15, 0.2) is 0 Å². The van der Waals surface area contributed by atoms with Crippen LogP contribution in [0.25, 0.3) is 0 Å². The molecule has 0 aromatic heterocycles. The smallest absolute Gasteiger partial charge is 0.306 e. The van der Waals surface area contributed by atoms with Crippen LogP contribution in [-0.2, 0) is 16.1 Å². The summed E-state index contributed by atoms with van der Waals surface area (Å²) < 4.78 is 10.4. The van der Waals surface area contributed by atoms with Crippen LogP contribution in [0.1, 0.15) is 30.4 Å². The van der Waals surface area contributed by atoms with E-state index >= 15 is 0 Å². The highest BCUT2D eigenvalue weighted by molar-refractivity contribution is 5.70. The molecular weight excluding hydrogens is 264 g/mol. The first-order valence-corrected chi connectivity index (χ1v) is 7.02. The minimum atomic E-state index is -0.188. The summed E-state index contributed by atoms with van der Waals surface area (Å²) in [5.41, 5.74) is 2.24. The molecule has 0 N–H and O–H groups in total. The SMILES string of the molecule is COC(=O)CC(C)c1ccc(OCc2ccccc2)cc1. The van der Waals surface area contributed by atoms with E-state index in [0.717, 1.165) is 16.9 Å². The predicted molar refractivity (Wildman–Crippen MR) is 82.3 cm³/mol. The molecule has 3 heteroatoms. The minimum absolute atomic E-state index is 0.139. The standard InChI is InChI=1S/C18H20O3/c1-14(12-18(19)20-2)16-8-10-17(11-9-16)21-13-15-6-4-3-5-7-15/h3-11,14H,12-13H2,1-2H3. The van der Waals surface area contributed by atoms with Crippen LogP contribution in [0, 0.1) is 0 Å². The fourth-order valence-corrected chi connectivity index (χ4v) is 2.08. The zero-order valence-electron chi connectivity index (χ0n) is 12.4. The van der Waals surface area contributed by atoms with Gasteiger partial charge in [-0.25, -0.2) is 0 Å². The fourth-order valence-electron chi connectivity index (χ4n) is 2.08. The number of hydrogen-bond donors (Lipinski definition) is 0. The maximum absolute atomic E-state index is 11.3. The van der Waals surface area contributed by atoms with Gasteiger partial charge < -0.3 is 9.47 Å². The number of benzene rings is 2. The highest BCUT2D eigenvalue weighted by Crippen LogP contribution is 2.22. The van der Waals surface area contributed by atoms with Gasteiger partial charge in [0.25, 0.3) is 0 Å². The van der Waals surface area contributed by atoms with Gasteiger partial charge in [-0.05, 0) is 29.2 Å². The van der Waals surface area contributed by atoms with Crippen molar-refractivity contribution in [1.82, 2.24) is 0 Å².